The highest BCUT2D eigenvalue weighted by atomic mass is 16.5. The maximum absolute atomic E-state index is 12.8. The Morgan fingerprint density at radius 3 is 2.61 bits per heavy atom. The molecule has 126 valence electrons. The van der Waals surface area contributed by atoms with Crippen LogP contribution < -0.4 is 0 Å². The summed E-state index contributed by atoms with van der Waals surface area (Å²) in [6.45, 7) is 3.60. The zero-order valence-electron chi connectivity index (χ0n) is 13.8. The summed E-state index contributed by atoms with van der Waals surface area (Å²) < 4.78 is 5.20. The summed E-state index contributed by atoms with van der Waals surface area (Å²) in [5.41, 5.74) is 1.68. The molecule has 0 spiro atoms. The summed E-state index contributed by atoms with van der Waals surface area (Å²) in [6.07, 6.45) is 2.90. The van der Waals surface area contributed by atoms with E-state index in [2.05, 4.69) is 4.90 Å². The summed E-state index contributed by atoms with van der Waals surface area (Å²) in [4.78, 5) is 17.1. The molecule has 0 aromatic heterocycles. The van der Waals surface area contributed by atoms with Gasteiger partial charge in [-0.2, -0.15) is 0 Å². The van der Waals surface area contributed by atoms with Gasteiger partial charge in [0.05, 0.1) is 12.7 Å². The molecule has 1 saturated carbocycles. The van der Waals surface area contributed by atoms with Crippen LogP contribution in [0.25, 0.3) is 0 Å². The number of hydrogen-bond acceptors (Lipinski definition) is 4. The Labute approximate surface area is 137 Å². The maximum Gasteiger partial charge on any atom is 0.254 e. The fourth-order valence-corrected chi connectivity index (χ4v) is 3.78. The molecule has 1 N–H and O–H groups in total. The van der Waals surface area contributed by atoms with Crippen molar-refractivity contribution in [2.45, 2.75) is 38.0 Å². The van der Waals surface area contributed by atoms with Crippen LogP contribution in [0.2, 0.25) is 0 Å². The molecule has 2 fully saturated rings. The molecule has 1 aromatic carbocycles. The van der Waals surface area contributed by atoms with Crippen molar-refractivity contribution in [3.63, 3.8) is 0 Å². The molecule has 23 heavy (non-hydrogen) atoms. The van der Waals surface area contributed by atoms with Gasteiger partial charge in [-0.25, -0.2) is 0 Å². The first-order valence-corrected chi connectivity index (χ1v) is 8.49. The molecule has 5 heteroatoms. The van der Waals surface area contributed by atoms with Crippen LogP contribution in [0.1, 0.15) is 35.2 Å². The fourth-order valence-electron chi connectivity index (χ4n) is 3.78. The maximum atomic E-state index is 12.8. The predicted molar refractivity (Wildman–Crippen MR) is 88.3 cm³/mol. The zero-order chi connectivity index (χ0) is 16.2. The van der Waals surface area contributed by atoms with Crippen LogP contribution >= 0.6 is 0 Å². The molecular weight excluding hydrogens is 292 g/mol. The molecule has 1 aromatic rings. The standard InChI is InChI=1S/C18H26N2O3/c1-23-13-14-5-2-3-6-15(14)18(22)20-11-9-19(10-12-20)16-7-4-8-17(16)21/h2-3,5-6,16-17,21H,4,7-13H2,1H3/t16-,17+/m0/s1. The number of amides is 1. The highest BCUT2D eigenvalue weighted by molar-refractivity contribution is 5.95. The van der Waals surface area contributed by atoms with Gasteiger partial charge in [-0.15, -0.1) is 0 Å². The van der Waals surface area contributed by atoms with Crippen molar-refractivity contribution in [2.75, 3.05) is 33.3 Å². The van der Waals surface area contributed by atoms with E-state index in [1.54, 1.807) is 7.11 Å². The first-order valence-electron chi connectivity index (χ1n) is 8.49. The van der Waals surface area contributed by atoms with Gasteiger partial charge >= 0.3 is 0 Å². The topological polar surface area (TPSA) is 53.0 Å². The molecular formula is C18H26N2O3. The van der Waals surface area contributed by atoms with Gasteiger partial charge in [0.15, 0.2) is 0 Å². The Kier molecular flexibility index (Phi) is 5.30. The molecule has 5 nitrogen and oxygen atoms in total. The third-order valence-corrected chi connectivity index (χ3v) is 5.06. The van der Waals surface area contributed by atoms with E-state index < -0.39 is 0 Å². The van der Waals surface area contributed by atoms with E-state index in [-0.39, 0.29) is 18.1 Å². The van der Waals surface area contributed by atoms with Crippen LogP contribution in [0.15, 0.2) is 24.3 Å². The second-order valence-corrected chi connectivity index (χ2v) is 6.48. The highest BCUT2D eigenvalue weighted by Gasteiger charge is 2.33. The summed E-state index contributed by atoms with van der Waals surface area (Å²) in [6, 6.07) is 7.95. The number of aliphatic hydroxyl groups is 1. The molecule has 1 amide bonds. The van der Waals surface area contributed by atoms with Crippen molar-refractivity contribution in [1.82, 2.24) is 9.80 Å². The average molecular weight is 318 g/mol. The number of methoxy groups -OCH3 is 1. The van der Waals surface area contributed by atoms with Crippen LogP contribution in [-0.4, -0.2) is 66.2 Å². The van der Waals surface area contributed by atoms with Crippen LogP contribution in [0.3, 0.4) is 0 Å². The van der Waals surface area contributed by atoms with Gasteiger partial charge in [0.1, 0.15) is 0 Å². The van der Waals surface area contributed by atoms with Crippen molar-refractivity contribution >= 4 is 5.91 Å². The van der Waals surface area contributed by atoms with Gasteiger partial charge in [0.2, 0.25) is 0 Å². The van der Waals surface area contributed by atoms with E-state index in [4.69, 9.17) is 4.74 Å². The minimum Gasteiger partial charge on any atom is -0.391 e. The number of rotatable bonds is 4. The molecule has 0 bridgehead atoms. The minimum atomic E-state index is -0.195. The van der Waals surface area contributed by atoms with Gasteiger partial charge in [0, 0.05) is 44.9 Å². The molecule has 1 heterocycles. The molecule has 0 unspecified atom stereocenters. The van der Waals surface area contributed by atoms with Gasteiger partial charge in [-0.1, -0.05) is 18.2 Å². The lowest BCUT2D eigenvalue weighted by molar-refractivity contribution is 0.0314. The van der Waals surface area contributed by atoms with E-state index >= 15 is 0 Å². The van der Waals surface area contributed by atoms with Crippen LogP contribution in [0, 0.1) is 0 Å². The zero-order valence-corrected chi connectivity index (χ0v) is 13.8. The van der Waals surface area contributed by atoms with E-state index in [0.29, 0.717) is 6.61 Å². The third kappa shape index (κ3) is 3.57. The molecule has 2 atom stereocenters. The Morgan fingerprint density at radius 2 is 1.96 bits per heavy atom. The fraction of sp³-hybridized carbons (Fsp3) is 0.611. The lowest BCUT2D eigenvalue weighted by Gasteiger charge is -2.39. The first-order chi connectivity index (χ1) is 11.2. The number of piperazine rings is 1. The third-order valence-electron chi connectivity index (χ3n) is 5.06. The Balaban J connectivity index is 1.62. The Bertz CT molecular complexity index is 541. The lowest BCUT2D eigenvalue weighted by Crippen LogP contribution is -2.53. The quantitative estimate of drug-likeness (QED) is 0.914. The Morgan fingerprint density at radius 1 is 1.22 bits per heavy atom. The van der Waals surface area contributed by atoms with E-state index in [1.807, 2.05) is 29.2 Å². The number of ether oxygens (including phenoxy) is 1. The number of carbonyl (C=O) groups is 1. The van der Waals surface area contributed by atoms with Gasteiger partial charge in [0.25, 0.3) is 5.91 Å². The molecule has 1 saturated heterocycles. The summed E-state index contributed by atoms with van der Waals surface area (Å²) in [5.74, 6) is 0.0873. The summed E-state index contributed by atoms with van der Waals surface area (Å²) >= 11 is 0. The number of aliphatic hydroxyl groups excluding tert-OH is 1. The van der Waals surface area contributed by atoms with Crippen molar-refractivity contribution in [2.24, 2.45) is 0 Å². The molecule has 2 aliphatic rings. The van der Waals surface area contributed by atoms with Crippen LogP contribution in [0.5, 0.6) is 0 Å². The molecule has 1 aliphatic carbocycles. The average Bonchev–Trinajstić information content (AvgIpc) is 3.01. The normalized spacial score (nSPS) is 25.7. The molecule has 1 aliphatic heterocycles. The van der Waals surface area contributed by atoms with E-state index in [1.165, 1.54) is 0 Å². The second kappa shape index (κ2) is 7.43. The van der Waals surface area contributed by atoms with Crippen LogP contribution in [-0.2, 0) is 11.3 Å². The van der Waals surface area contributed by atoms with E-state index in [9.17, 15) is 9.90 Å². The molecule has 0 radical (unpaired) electrons. The van der Waals surface area contributed by atoms with Gasteiger partial charge in [-0.3, -0.25) is 9.69 Å². The largest absolute Gasteiger partial charge is 0.391 e. The number of nitrogens with zero attached hydrogens (tertiary/aromatic N) is 2. The van der Waals surface area contributed by atoms with Crippen molar-refractivity contribution in [1.29, 1.82) is 0 Å². The monoisotopic (exact) mass is 318 g/mol. The van der Waals surface area contributed by atoms with Gasteiger partial charge < -0.3 is 14.7 Å². The lowest BCUT2D eigenvalue weighted by atomic mass is 10.1. The summed E-state index contributed by atoms with van der Waals surface area (Å²) in [7, 11) is 1.65. The second-order valence-electron chi connectivity index (χ2n) is 6.48. The number of hydrogen-bond donors (Lipinski definition) is 1. The van der Waals surface area contributed by atoms with Crippen molar-refractivity contribution < 1.29 is 14.6 Å². The Hall–Kier alpha value is -1.43. The summed E-state index contributed by atoms with van der Waals surface area (Å²) in [5, 5.41) is 10.1. The smallest absolute Gasteiger partial charge is 0.254 e. The minimum absolute atomic E-state index is 0.0873. The van der Waals surface area contributed by atoms with E-state index in [0.717, 1.165) is 56.6 Å². The predicted octanol–water partition coefficient (Wildman–Crippen LogP) is 1.50. The SMILES string of the molecule is COCc1ccccc1C(=O)N1CCN([C@H]2CCC[C@H]2O)CC1. The molecule has 3 rings (SSSR count). The highest BCUT2D eigenvalue weighted by Crippen LogP contribution is 2.25. The van der Waals surface area contributed by atoms with Gasteiger partial charge in [-0.05, 0) is 30.9 Å². The van der Waals surface area contributed by atoms with Crippen LogP contribution in [0.4, 0.5) is 0 Å². The number of carbonyl (C=O) groups excluding carboxylic acids is 1. The first kappa shape index (κ1) is 16.4. The number of benzene rings is 1. The van der Waals surface area contributed by atoms with Crippen molar-refractivity contribution in [3.05, 3.63) is 35.4 Å². The van der Waals surface area contributed by atoms with Crippen molar-refractivity contribution in [3.8, 4) is 0 Å².